The summed E-state index contributed by atoms with van der Waals surface area (Å²) in [5.74, 6) is 1.09. The number of hydrogen-bond acceptors (Lipinski definition) is 5. The number of aromatic nitrogens is 5. The van der Waals surface area contributed by atoms with Crippen molar-refractivity contribution in [3.63, 3.8) is 0 Å². The van der Waals surface area contributed by atoms with Crippen LogP contribution < -0.4 is 5.56 Å². The topological polar surface area (TPSA) is 73.0 Å². The molecule has 6 nitrogen and oxygen atoms in total. The first-order chi connectivity index (χ1) is 23.2. The average Bonchev–Trinajstić information content (AvgIpc) is 3.14. The minimum Gasteiger partial charge on any atom is -0.268 e. The van der Waals surface area contributed by atoms with Crippen molar-refractivity contribution in [1.82, 2.24) is 24.3 Å². The van der Waals surface area contributed by atoms with Crippen LogP contribution in [0.2, 0.25) is 0 Å². The van der Waals surface area contributed by atoms with E-state index in [1.807, 2.05) is 97.1 Å². The van der Waals surface area contributed by atoms with Crippen LogP contribution in [0.1, 0.15) is 0 Å². The predicted molar refractivity (Wildman–Crippen MR) is 189 cm³/mol. The molecule has 0 aliphatic carbocycles. The highest BCUT2D eigenvalue weighted by Crippen LogP contribution is 2.33. The Hall–Kier alpha value is -6.53. The van der Waals surface area contributed by atoms with Gasteiger partial charge in [0.25, 0.3) is 5.56 Å². The van der Waals surface area contributed by atoms with Crippen molar-refractivity contribution in [2.75, 3.05) is 0 Å². The monoisotopic (exact) mass is 603 g/mol. The second-order valence-corrected chi connectivity index (χ2v) is 11.5. The number of rotatable bonds is 4. The molecule has 47 heavy (non-hydrogen) atoms. The van der Waals surface area contributed by atoms with E-state index in [-0.39, 0.29) is 5.56 Å². The van der Waals surface area contributed by atoms with Crippen LogP contribution in [0.4, 0.5) is 0 Å². The highest BCUT2D eigenvalue weighted by molar-refractivity contribution is 5.97. The van der Waals surface area contributed by atoms with E-state index in [2.05, 4.69) is 54.6 Å². The van der Waals surface area contributed by atoms with E-state index in [1.54, 1.807) is 4.40 Å². The lowest BCUT2D eigenvalue weighted by atomic mass is 10.0. The molecule has 6 heteroatoms. The second-order valence-electron chi connectivity index (χ2n) is 11.5. The molecule has 0 atom stereocenters. The number of fused-ring (bicyclic) bond motifs is 5. The van der Waals surface area contributed by atoms with E-state index in [9.17, 15) is 4.79 Å². The number of nitrogens with zero attached hydrogens (tertiary/aromatic N) is 5. The summed E-state index contributed by atoms with van der Waals surface area (Å²) in [6, 6.07) is 50.0. The highest BCUT2D eigenvalue weighted by atomic mass is 16.1. The largest absolute Gasteiger partial charge is 0.268 e. The fourth-order valence-corrected chi connectivity index (χ4v) is 6.35. The lowest BCUT2D eigenvalue weighted by Crippen LogP contribution is -2.18. The zero-order valence-electron chi connectivity index (χ0n) is 25.1. The molecule has 9 rings (SSSR count). The summed E-state index contributed by atoms with van der Waals surface area (Å²) < 4.78 is 1.63. The minimum absolute atomic E-state index is 0.162. The van der Waals surface area contributed by atoms with Crippen molar-refractivity contribution in [1.29, 1.82) is 0 Å². The van der Waals surface area contributed by atoms with Crippen LogP contribution >= 0.6 is 0 Å². The summed E-state index contributed by atoms with van der Waals surface area (Å²) in [5.41, 5.74) is 7.08. The Morgan fingerprint density at radius 3 is 1.91 bits per heavy atom. The van der Waals surface area contributed by atoms with Gasteiger partial charge >= 0.3 is 0 Å². The maximum Gasteiger partial charge on any atom is 0.267 e. The van der Waals surface area contributed by atoms with E-state index in [1.165, 1.54) is 0 Å². The Morgan fingerprint density at radius 2 is 1.06 bits per heavy atom. The molecule has 220 valence electrons. The van der Waals surface area contributed by atoms with Crippen LogP contribution in [0.3, 0.4) is 0 Å². The first-order valence-electron chi connectivity index (χ1n) is 15.4. The van der Waals surface area contributed by atoms with Crippen molar-refractivity contribution >= 4 is 38.2 Å². The molecule has 0 unspecified atom stereocenters. The van der Waals surface area contributed by atoms with Gasteiger partial charge in [-0.1, -0.05) is 115 Å². The van der Waals surface area contributed by atoms with E-state index in [0.717, 1.165) is 55.3 Å². The molecule has 0 N–H and O–H groups in total. The Bertz CT molecular complexity index is 2710. The van der Waals surface area contributed by atoms with Crippen molar-refractivity contribution in [2.24, 2.45) is 0 Å². The van der Waals surface area contributed by atoms with Crippen LogP contribution in [0.15, 0.2) is 156 Å². The molecular formula is C41H25N5O. The number of benzene rings is 6. The average molecular weight is 604 g/mol. The van der Waals surface area contributed by atoms with Gasteiger partial charge in [0.15, 0.2) is 11.5 Å². The normalized spacial score (nSPS) is 11.5. The molecule has 0 saturated carbocycles. The molecule has 9 aromatic rings. The first-order valence-corrected chi connectivity index (χ1v) is 15.4. The molecule has 0 aliphatic heterocycles. The smallest absolute Gasteiger partial charge is 0.267 e. The van der Waals surface area contributed by atoms with Crippen LogP contribution in [0.5, 0.6) is 0 Å². The van der Waals surface area contributed by atoms with Gasteiger partial charge in [0.2, 0.25) is 0 Å². The SMILES string of the molecule is O=c1c2ccccc2nc2c3ccccc3nc(-c3cccc(-c4nc(-c5ccccc5)cc(-c5cccc6ccccc56)n4)c3)n12. The van der Waals surface area contributed by atoms with Gasteiger partial charge in [0.05, 0.1) is 27.8 Å². The molecular weight excluding hydrogens is 578 g/mol. The number of hydrogen-bond donors (Lipinski definition) is 0. The van der Waals surface area contributed by atoms with E-state index in [4.69, 9.17) is 19.9 Å². The van der Waals surface area contributed by atoms with E-state index >= 15 is 0 Å². The summed E-state index contributed by atoms with van der Waals surface area (Å²) in [6.07, 6.45) is 0. The minimum atomic E-state index is -0.162. The Morgan fingerprint density at radius 1 is 0.447 bits per heavy atom. The molecule has 3 heterocycles. The first kappa shape index (κ1) is 26.8. The fourth-order valence-electron chi connectivity index (χ4n) is 6.35. The van der Waals surface area contributed by atoms with Crippen LogP contribution in [-0.2, 0) is 0 Å². The molecule has 0 aliphatic rings. The molecule has 3 aromatic heterocycles. The predicted octanol–water partition coefficient (Wildman–Crippen LogP) is 9.01. The second kappa shape index (κ2) is 10.8. The fraction of sp³-hybridized carbons (Fsp3) is 0. The van der Waals surface area contributed by atoms with Gasteiger partial charge in [0.1, 0.15) is 5.82 Å². The highest BCUT2D eigenvalue weighted by Gasteiger charge is 2.17. The molecule has 0 amide bonds. The van der Waals surface area contributed by atoms with Gasteiger partial charge < -0.3 is 0 Å². The zero-order valence-corrected chi connectivity index (χ0v) is 25.1. The van der Waals surface area contributed by atoms with Gasteiger partial charge in [0, 0.05) is 27.6 Å². The van der Waals surface area contributed by atoms with Gasteiger partial charge in [-0.3, -0.25) is 4.79 Å². The summed E-state index contributed by atoms with van der Waals surface area (Å²) in [7, 11) is 0. The Balaban J connectivity index is 1.29. The molecule has 0 fully saturated rings. The van der Waals surface area contributed by atoms with Gasteiger partial charge in [-0.15, -0.1) is 0 Å². The quantitative estimate of drug-likeness (QED) is 0.148. The van der Waals surface area contributed by atoms with Gasteiger partial charge in [-0.2, -0.15) is 0 Å². The Labute approximate surface area is 269 Å². The van der Waals surface area contributed by atoms with Crippen LogP contribution in [-0.4, -0.2) is 24.3 Å². The lowest BCUT2D eigenvalue weighted by molar-refractivity contribution is 1.05. The summed E-state index contributed by atoms with van der Waals surface area (Å²) in [6.45, 7) is 0. The van der Waals surface area contributed by atoms with Crippen molar-refractivity contribution in [2.45, 2.75) is 0 Å². The Kier molecular flexibility index (Phi) is 6.18. The third kappa shape index (κ3) is 4.54. The van der Waals surface area contributed by atoms with Crippen molar-refractivity contribution in [3.8, 4) is 45.3 Å². The van der Waals surface area contributed by atoms with E-state index < -0.39 is 0 Å². The summed E-state index contributed by atoms with van der Waals surface area (Å²) >= 11 is 0. The summed E-state index contributed by atoms with van der Waals surface area (Å²) in [5, 5.41) is 3.62. The maximum atomic E-state index is 14.0. The van der Waals surface area contributed by atoms with Crippen molar-refractivity contribution in [3.05, 3.63) is 162 Å². The van der Waals surface area contributed by atoms with Crippen LogP contribution in [0.25, 0.3) is 83.5 Å². The standard InChI is InChI=1S/C41H25N5O/c47-41-33-20-7-9-23-35(33)45-40-32-19-6-8-22-34(32)44-39(46(40)41)29-17-10-16-28(24-29)38-42-36(27-13-2-1-3-14-27)25-37(43-38)31-21-11-15-26-12-4-5-18-30(26)31/h1-25H. The van der Waals surface area contributed by atoms with Gasteiger partial charge in [-0.25, -0.2) is 24.3 Å². The van der Waals surface area contributed by atoms with Crippen LogP contribution in [0, 0.1) is 0 Å². The number of para-hydroxylation sites is 2. The van der Waals surface area contributed by atoms with Gasteiger partial charge in [-0.05, 0) is 47.2 Å². The molecule has 0 bridgehead atoms. The molecule has 6 aromatic carbocycles. The lowest BCUT2D eigenvalue weighted by Gasteiger charge is -2.14. The molecule has 0 radical (unpaired) electrons. The summed E-state index contributed by atoms with van der Waals surface area (Å²) in [4.78, 5) is 34.2. The maximum absolute atomic E-state index is 14.0. The molecule has 0 saturated heterocycles. The van der Waals surface area contributed by atoms with Crippen molar-refractivity contribution < 1.29 is 0 Å². The zero-order chi connectivity index (χ0) is 31.3. The third-order valence-corrected chi connectivity index (χ3v) is 8.60. The van der Waals surface area contributed by atoms with E-state index in [0.29, 0.717) is 28.2 Å². The third-order valence-electron chi connectivity index (χ3n) is 8.60. The molecule has 0 spiro atoms.